The molecule has 0 spiro atoms. The number of aromatic nitrogens is 5. The second-order valence-corrected chi connectivity index (χ2v) is 8.29. The van der Waals surface area contributed by atoms with Crippen molar-refractivity contribution in [1.82, 2.24) is 24.5 Å². The number of nitrogens with one attached hydrogen (secondary N) is 1. The maximum absolute atomic E-state index is 13.3. The van der Waals surface area contributed by atoms with Crippen LogP contribution in [0.4, 0.5) is 5.69 Å². The van der Waals surface area contributed by atoms with Gasteiger partial charge < -0.3 is 5.32 Å². The zero-order chi connectivity index (χ0) is 22.9. The maximum Gasteiger partial charge on any atom is 0.256 e. The van der Waals surface area contributed by atoms with Crippen LogP contribution < -0.4 is 5.32 Å². The van der Waals surface area contributed by atoms with Gasteiger partial charge in [0.1, 0.15) is 0 Å². The lowest BCUT2D eigenvalue weighted by Crippen LogP contribution is -2.13. The Morgan fingerprint density at radius 3 is 2.70 bits per heavy atom. The van der Waals surface area contributed by atoms with E-state index in [4.69, 9.17) is 16.6 Å². The predicted octanol–water partition coefficient (Wildman–Crippen LogP) is 5.09. The van der Waals surface area contributed by atoms with E-state index in [0.29, 0.717) is 28.5 Å². The fourth-order valence-electron chi connectivity index (χ4n) is 3.79. The van der Waals surface area contributed by atoms with Gasteiger partial charge in [-0.1, -0.05) is 41.9 Å². The molecule has 3 aromatic heterocycles. The molecule has 33 heavy (non-hydrogen) atoms. The van der Waals surface area contributed by atoms with Crippen molar-refractivity contribution in [3.8, 4) is 11.3 Å². The Balaban J connectivity index is 1.45. The van der Waals surface area contributed by atoms with E-state index in [2.05, 4.69) is 15.5 Å². The van der Waals surface area contributed by atoms with E-state index in [1.807, 2.05) is 68.6 Å². The molecule has 1 amide bonds. The summed E-state index contributed by atoms with van der Waals surface area (Å²) in [5.74, 6) is -0.223. The number of anilines is 1. The number of nitrogens with zero attached hydrogens (tertiary/aromatic N) is 5. The van der Waals surface area contributed by atoms with Gasteiger partial charge in [-0.3, -0.25) is 14.2 Å². The fourth-order valence-corrected chi connectivity index (χ4v) is 4.00. The Morgan fingerprint density at radius 2 is 1.91 bits per heavy atom. The predicted molar refractivity (Wildman–Crippen MR) is 129 cm³/mol. The fraction of sp³-hybridized carbons (Fsp3) is 0.120. The summed E-state index contributed by atoms with van der Waals surface area (Å²) in [4.78, 5) is 18.1. The lowest BCUT2D eigenvalue weighted by molar-refractivity contribution is 0.102. The van der Waals surface area contributed by atoms with Crippen molar-refractivity contribution in [3.05, 3.63) is 95.0 Å². The van der Waals surface area contributed by atoms with Crippen LogP contribution in [-0.2, 0) is 13.6 Å². The number of hydrogen-bond acceptors (Lipinski definition) is 4. The molecule has 0 unspecified atom stereocenters. The molecular weight excluding hydrogens is 436 g/mol. The molecule has 0 aliphatic rings. The number of fused-ring (bicyclic) bond motifs is 1. The number of aryl methyl sites for hydroxylation is 1. The zero-order valence-corrected chi connectivity index (χ0v) is 18.9. The van der Waals surface area contributed by atoms with E-state index in [0.717, 1.165) is 27.7 Å². The first kappa shape index (κ1) is 20.9. The average molecular weight is 457 g/mol. The molecule has 0 bridgehead atoms. The van der Waals surface area contributed by atoms with Crippen LogP contribution in [0.5, 0.6) is 0 Å². The molecular formula is C25H21ClN6O. The van der Waals surface area contributed by atoms with Crippen LogP contribution in [0.3, 0.4) is 0 Å². The molecule has 3 heterocycles. The number of carbonyl (C=O) groups excluding carboxylic acids is 1. The minimum atomic E-state index is -0.223. The zero-order valence-electron chi connectivity index (χ0n) is 18.2. The number of pyridine rings is 1. The number of para-hydroxylation sites is 1. The SMILES string of the molecule is Cc1c(-c2cc(C(=O)Nc3cnn(Cc4cccc(Cl)c4)c3)c3ccccc3n2)cnn1C. The van der Waals surface area contributed by atoms with Gasteiger partial charge in [0.15, 0.2) is 0 Å². The molecule has 5 rings (SSSR count). The largest absolute Gasteiger partial charge is 0.319 e. The number of halogens is 1. The highest BCUT2D eigenvalue weighted by Crippen LogP contribution is 2.27. The van der Waals surface area contributed by atoms with Crippen LogP contribution in [0, 0.1) is 6.92 Å². The average Bonchev–Trinajstić information content (AvgIpc) is 3.38. The van der Waals surface area contributed by atoms with Crippen LogP contribution in [-0.4, -0.2) is 30.5 Å². The third-order valence-electron chi connectivity index (χ3n) is 5.60. The first-order chi connectivity index (χ1) is 16.0. The number of amides is 1. The van der Waals surface area contributed by atoms with Crippen LogP contribution >= 0.6 is 11.6 Å². The molecule has 7 nitrogen and oxygen atoms in total. The van der Waals surface area contributed by atoms with Gasteiger partial charge in [0.25, 0.3) is 5.91 Å². The summed E-state index contributed by atoms with van der Waals surface area (Å²) in [6.45, 7) is 2.53. The Bertz CT molecular complexity index is 1490. The molecule has 0 saturated heterocycles. The molecule has 0 fully saturated rings. The smallest absolute Gasteiger partial charge is 0.256 e. The molecule has 2 aromatic carbocycles. The lowest BCUT2D eigenvalue weighted by Gasteiger charge is -2.10. The van der Waals surface area contributed by atoms with E-state index >= 15 is 0 Å². The standard InChI is InChI=1S/C25H21ClN6O/c1-16-22(13-27-31(16)2)24-11-21(20-8-3-4-9-23(20)30-24)25(33)29-19-12-28-32(15-19)14-17-6-5-7-18(26)10-17/h3-13,15H,14H2,1-2H3,(H,29,33). The molecule has 164 valence electrons. The summed E-state index contributed by atoms with van der Waals surface area (Å²) in [6.07, 6.45) is 5.21. The van der Waals surface area contributed by atoms with E-state index in [-0.39, 0.29) is 5.91 Å². The van der Waals surface area contributed by atoms with Gasteiger partial charge in [-0.15, -0.1) is 0 Å². The van der Waals surface area contributed by atoms with E-state index in [9.17, 15) is 4.79 Å². The highest BCUT2D eigenvalue weighted by Gasteiger charge is 2.17. The highest BCUT2D eigenvalue weighted by molar-refractivity contribution is 6.30. The van der Waals surface area contributed by atoms with Crippen molar-refractivity contribution < 1.29 is 4.79 Å². The third kappa shape index (κ3) is 4.23. The van der Waals surface area contributed by atoms with Crippen molar-refractivity contribution >= 4 is 34.1 Å². The maximum atomic E-state index is 13.3. The van der Waals surface area contributed by atoms with Crippen LogP contribution in [0.1, 0.15) is 21.6 Å². The molecule has 0 aliphatic carbocycles. The van der Waals surface area contributed by atoms with Crippen molar-refractivity contribution in [1.29, 1.82) is 0 Å². The molecule has 0 aliphatic heterocycles. The molecule has 5 aromatic rings. The van der Waals surface area contributed by atoms with Crippen LogP contribution in [0.25, 0.3) is 22.2 Å². The Morgan fingerprint density at radius 1 is 1.06 bits per heavy atom. The van der Waals surface area contributed by atoms with Crippen LogP contribution in [0.15, 0.2) is 73.2 Å². The van der Waals surface area contributed by atoms with Gasteiger partial charge in [0, 0.05) is 34.9 Å². The van der Waals surface area contributed by atoms with Crippen molar-refractivity contribution in [2.75, 3.05) is 5.32 Å². The quantitative estimate of drug-likeness (QED) is 0.399. The molecule has 0 atom stereocenters. The van der Waals surface area contributed by atoms with Crippen LogP contribution in [0.2, 0.25) is 5.02 Å². The number of carbonyl (C=O) groups is 1. The summed E-state index contributed by atoms with van der Waals surface area (Å²) in [7, 11) is 1.88. The summed E-state index contributed by atoms with van der Waals surface area (Å²) >= 11 is 6.07. The summed E-state index contributed by atoms with van der Waals surface area (Å²) in [5, 5.41) is 13.1. The summed E-state index contributed by atoms with van der Waals surface area (Å²) < 4.78 is 3.55. The first-order valence-corrected chi connectivity index (χ1v) is 10.8. The molecule has 0 radical (unpaired) electrons. The topological polar surface area (TPSA) is 77.6 Å². The van der Waals surface area contributed by atoms with Gasteiger partial charge in [0.2, 0.25) is 0 Å². The Labute approximate surface area is 195 Å². The van der Waals surface area contributed by atoms with Crippen molar-refractivity contribution in [2.45, 2.75) is 13.5 Å². The van der Waals surface area contributed by atoms with E-state index in [1.165, 1.54) is 0 Å². The van der Waals surface area contributed by atoms with Gasteiger partial charge >= 0.3 is 0 Å². The van der Waals surface area contributed by atoms with Crippen molar-refractivity contribution in [2.24, 2.45) is 7.05 Å². The summed E-state index contributed by atoms with van der Waals surface area (Å²) in [5.41, 5.74) is 5.52. The first-order valence-electron chi connectivity index (χ1n) is 10.4. The highest BCUT2D eigenvalue weighted by atomic mass is 35.5. The normalized spacial score (nSPS) is 11.1. The van der Waals surface area contributed by atoms with Gasteiger partial charge in [0.05, 0.1) is 41.4 Å². The monoisotopic (exact) mass is 456 g/mol. The molecule has 0 saturated carbocycles. The second-order valence-electron chi connectivity index (χ2n) is 7.85. The molecule has 1 N–H and O–H groups in total. The number of benzene rings is 2. The van der Waals surface area contributed by atoms with Gasteiger partial charge in [-0.2, -0.15) is 10.2 Å². The van der Waals surface area contributed by atoms with E-state index < -0.39 is 0 Å². The number of hydrogen-bond donors (Lipinski definition) is 1. The minimum Gasteiger partial charge on any atom is -0.319 e. The lowest BCUT2D eigenvalue weighted by atomic mass is 10.0. The van der Waals surface area contributed by atoms with Gasteiger partial charge in [-0.05, 0) is 36.8 Å². The minimum absolute atomic E-state index is 0.223. The number of rotatable bonds is 5. The third-order valence-corrected chi connectivity index (χ3v) is 5.83. The Hall–Kier alpha value is -3.97. The Kier molecular flexibility index (Phi) is 5.40. The van der Waals surface area contributed by atoms with Gasteiger partial charge in [-0.25, -0.2) is 4.98 Å². The van der Waals surface area contributed by atoms with E-state index in [1.54, 1.807) is 28.0 Å². The molecule has 8 heteroatoms. The summed E-state index contributed by atoms with van der Waals surface area (Å²) in [6, 6.07) is 17.1. The second kappa shape index (κ2) is 8.52. The van der Waals surface area contributed by atoms with Crippen molar-refractivity contribution in [3.63, 3.8) is 0 Å².